The average molecular weight is 142 g/mol. The summed E-state index contributed by atoms with van der Waals surface area (Å²) in [7, 11) is 1.44. The summed E-state index contributed by atoms with van der Waals surface area (Å²) in [6.45, 7) is 2.61. The molecule has 0 aliphatic heterocycles. The Morgan fingerprint density at radius 3 is 2.12 bits per heavy atom. The van der Waals surface area contributed by atoms with Crippen LogP contribution in [0.3, 0.4) is 0 Å². The van der Waals surface area contributed by atoms with E-state index in [2.05, 4.69) is 0 Å². The molecular weight excluding hydrogens is 129 g/mol. The Hall–Kier alpha value is 0.180. The first-order valence-corrected chi connectivity index (χ1v) is 2.64. The summed E-state index contributed by atoms with van der Waals surface area (Å²) in [4.78, 5) is 0. The molecule has 0 unspecified atom stereocenters. The molecule has 0 rings (SSSR count). The number of hydrogen-bond donors (Lipinski definition) is 0. The van der Waals surface area contributed by atoms with Crippen molar-refractivity contribution in [2.45, 2.75) is 19.8 Å². The van der Waals surface area contributed by atoms with E-state index < -0.39 is 0 Å². The second kappa shape index (κ2) is 7.18. The Morgan fingerprint density at radius 1 is 1.50 bits per heavy atom. The lowest BCUT2D eigenvalue weighted by atomic mass is 10.3. The number of nitrogens with zero attached hydrogens (tertiary/aromatic N) is 1. The molecule has 52 valence electrons. The first kappa shape index (κ1) is 11.0. The largest absolute Gasteiger partial charge is 0.149 e. The fourth-order valence-corrected chi connectivity index (χ4v) is 0.376. The van der Waals surface area contributed by atoms with Gasteiger partial charge < -0.3 is 0 Å². The van der Waals surface area contributed by atoms with Crippen molar-refractivity contribution in [2.75, 3.05) is 13.6 Å². The second-order valence-electron chi connectivity index (χ2n) is 1.68. The van der Waals surface area contributed by atoms with Gasteiger partial charge in [0, 0.05) is 13.6 Å². The number of hydrogen-bond acceptors (Lipinski definition) is 1. The van der Waals surface area contributed by atoms with Gasteiger partial charge in [-0.1, -0.05) is 13.3 Å². The van der Waals surface area contributed by atoms with Crippen molar-refractivity contribution in [3.8, 4) is 0 Å². The lowest BCUT2D eigenvalue weighted by Crippen LogP contribution is -2.06. The van der Waals surface area contributed by atoms with E-state index in [1.54, 1.807) is 0 Å². The Labute approximate surface area is 56.2 Å². The van der Waals surface area contributed by atoms with Crippen molar-refractivity contribution < 1.29 is 4.48 Å². The molecular formula is C5H13ClFN. The minimum Gasteiger partial charge on any atom is -0.149 e. The van der Waals surface area contributed by atoms with Gasteiger partial charge in [0.25, 0.3) is 0 Å². The molecule has 1 nitrogen and oxygen atoms in total. The molecule has 0 amide bonds. The first-order chi connectivity index (χ1) is 3.27. The Bertz CT molecular complexity index is 41.4. The zero-order valence-corrected chi connectivity index (χ0v) is 6.17. The Balaban J connectivity index is 0. The Morgan fingerprint density at radius 2 is 2.00 bits per heavy atom. The topological polar surface area (TPSA) is 3.24 Å². The van der Waals surface area contributed by atoms with Gasteiger partial charge in [-0.05, 0) is 6.42 Å². The van der Waals surface area contributed by atoms with Crippen LogP contribution in [-0.4, -0.2) is 18.7 Å². The van der Waals surface area contributed by atoms with Gasteiger partial charge >= 0.3 is 0 Å². The summed E-state index contributed by atoms with van der Waals surface area (Å²) in [5.41, 5.74) is 0. The van der Waals surface area contributed by atoms with E-state index in [1.165, 1.54) is 7.05 Å². The van der Waals surface area contributed by atoms with E-state index in [1.807, 2.05) is 6.92 Å². The molecule has 0 aromatic carbocycles. The van der Waals surface area contributed by atoms with Crippen LogP contribution in [0.1, 0.15) is 19.8 Å². The van der Waals surface area contributed by atoms with E-state index >= 15 is 0 Å². The van der Waals surface area contributed by atoms with Crippen molar-refractivity contribution in [1.29, 1.82) is 0 Å². The van der Waals surface area contributed by atoms with Crippen molar-refractivity contribution in [3.05, 3.63) is 0 Å². The molecule has 0 aliphatic rings. The molecule has 0 bridgehead atoms. The van der Waals surface area contributed by atoms with Crippen molar-refractivity contribution in [1.82, 2.24) is 5.12 Å². The molecule has 0 saturated heterocycles. The van der Waals surface area contributed by atoms with Gasteiger partial charge in [0.2, 0.25) is 0 Å². The number of rotatable bonds is 3. The lowest BCUT2D eigenvalue weighted by Gasteiger charge is -2.00. The molecule has 0 saturated carbocycles. The van der Waals surface area contributed by atoms with E-state index in [0.29, 0.717) is 11.7 Å². The monoisotopic (exact) mass is 141 g/mol. The van der Waals surface area contributed by atoms with Gasteiger partial charge in [0.15, 0.2) is 0 Å². The molecule has 0 aliphatic carbocycles. The van der Waals surface area contributed by atoms with Crippen LogP contribution in [0.5, 0.6) is 0 Å². The Kier molecular flexibility index (Phi) is 9.91. The standard InChI is InChI=1S/C5H12FN.ClH/c1-3-4-5-7(2)6;/h3-5H2,1-2H3;1H. The third-order valence-electron chi connectivity index (χ3n) is 0.820. The van der Waals surface area contributed by atoms with Crippen LogP contribution < -0.4 is 0 Å². The highest BCUT2D eigenvalue weighted by molar-refractivity contribution is 5.85. The molecule has 0 spiro atoms. The lowest BCUT2D eigenvalue weighted by molar-refractivity contribution is 0.0586. The van der Waals surface area contributed by atoms with E-state index in [9.17, 15) is 4.48 Å². The van der Waals surface area contributed by atoms with Crippen LogP contribution in [0.2, 0.25) is 0 Å². The van der Waals surface area contributed by atoms with E-state index in [4.69, 9.17) is 0 Å². The first-order valence-electron chi connectivity index (χ1n) is 2.64. The predicted octanol–water partition coefficient (Wildman–Crippen LogP) is 2.02. The molecule has 0 N–H and O–H groups in total. The molecule has 3 heteroatoms. The quantitative estimate of drug-likeness (QED) is 0.544. The third kappa shape index (κ3) is 9.49. The van der Waals surface area contributed by atoms with Crippen molar-refractivity contribution in [3.63, 3.8) is 0 Å². The molecule has 8 heavy (non-hydrogen) atoms. The summed E-state index contributed by atoms with van der Waals surface area (Å²) < 4.78 is 11.7. The maximum atomic E-state index is 11.7. The third-order valence-corrected chi connectivity index (χ3v) is 0.820. The molecule has 0 aromatic heterocycles. The van der Waals surface area contributed by atoms with Crippen LogP contribution in [0.15, 0.2) is 0 Å². The highest BCUT2D eigenvalue weighted by Crippen LogP contribution is 1.89. The summed E-state index contributed by atoms with van der Waals surface area (Å²) >= 11 is 0. The summed E-state index contributed by atoms with van der Waals surface area (Å²) in [5, 5.41) is 0.712. The zero-order chi connectivity index (χ0) is 5.70. The summed E-state index contributed by atoms with van der Waals surface area (Å²) in [6.07, 6.45) is 2.02. The minimum atomic E-state index is 0. The van der Waals surface area contributed by atoms with Crippen molar-refractivity contribution in [2.24, 2.45) is 0 Å². The van der Waals surface area contributed by atoms with Gasteiger partial charge in [0.1, 0.15) is 0 Å². The molecule has 0 fully saturated rings. The maximum Gasteiger partial charge on any atom is 0.0287 e. The summed E-state index contributed by atoms with van der Waals surface area (Å²) in [5.74, 6) is 0. The molecule has 0 aromatic rings. The fourth-order valence-electron chi connectivity index (χ4n) is 0.376. The smallest absolute Gasteiger partial charge is 0.0287 e. The molecule has 0 radical (unpaired) electrons. The van der Waals surface area contributed by atoms with Crippen LogP contribution in [0.25, 0.3) is 0 Å². The van der Waals surface area contributed by atoms with Gasteiger partial charge in [-0.3, -0.25) is 0 Å². The van der Waals surface area contributed by atoms with Crippen LogP contribution >= 0.6 is 12.4 Å². The minimum absolute atomic E-state index is 0. The van der Waals surface area contributed by atoms with Crippen LogP contribution in [-0.2, 0) is 0 Å². The summed E-state index contributed by atoms with van der Waals surface area (Å²) in [6, 6.07) is 0. The second-order valence-corrected chi connectivity index (χ2v) is 1.68. The van der Waals surface area contributed by atoms with E-state index in [0.717, 1.165) is 12.8 Å². The van der Waals surface area contributed by atoms with Crippen molar-refractivity contribution >= 4 is 12.4 Å². The number of halogens is 2. The van der Waals surface area contributed by atoms with Gasteiger partial charge in [-0.15, -0.1) is 22.0 Å². The average Bonchev–Trinajstić information content (AvgIpc) is 1.61. The SMILES string of the molecule is CCCCN(C)F.Cl. The number of unbranched alkanes of at least 4 members (excludes halogenated alkanes) is 1. The van der Waals surface area contributed by atoms with Gasteiger partial charge in [-0.2, -0.15) is 0 Å². The molecule has 0 atom stereocenters. The molecule has 0 heterocycles. The highest BCUT2D eigenvalue weighted by Gasteiger charge is 1.88. The van der Waals surface area contributed by atoms with Gasteiger partial charge in [0.05, 0.1) is 0 Å². The predicted molar refractivity (Wildman–Crippen MR) is 35.9 cm³/mol. The normalized spacial score (nSPS) is 9.00. The fraction of sp³-hybridized carbons (Fsp3) is 1.00. The van der Waals surface area contributed by atoms with Crippen LogP contribution in [0, 0.1) is 0 Å². The van der Waals surface area contributed by atoms with Gasteiger partial charge in [-0.25, -0.2) is 0 Å². The van der Waals surface area contributed by atoms with E-state index in [-0.39, 0.29) is 12.4 Å². The maximum absolute atomic E-state index is 11.7. The van der Waals surface area contributed by atoms with Crippen LogP contribution in [0.4, 0.5) is 4.48 Å². The zero-order valence-electron chi connectivity index (χ0n) is 5.35. The highest BCUT2D eigenvalue weighted by atomic mass is 35.5.